The largest absolute Gasteiger partial charge is 0.417 e. The van der Waals surface area contributed by atoms with Crippen molar-refractivity contribution in [2.45, 2.75) is 32.1 Å². The summed E-state index contributed by atoms with van der Waals surface area (Å²) < 4.78 is 39.4. The molecule has 0 N–H and O–H groups in total. The molecule has 4 nitrogen and oxygen atoms in total. The maximum atomic E-state index is 12.7. The van der Waals surface area contributed by atoms with Gasteiger partial charge in [0.25, 0.3) is 0 Å². The molecule has 0 spiro atoms. The molecule has 0 saturated carbocycles. The van der Waals surface area contributed by atoms with Crippen molar-refractivity contribution in [3.8, 4) is 0 Å². The van der Waals surface area contributed by atoms with Crippen LogP contribution in [0.4, 0.5) is 13.2 Å². The summed E-state index contributed by atoms with van der Waals surface area (Å²) in [5.74, 6) is 0.136. The van der Waals surface area contributed by atoms with Gasteiger partial charge in [-0.05, 0) is 12.1 Å². The molecule has 8 heteroatoms. The predicted molar refractivity (Wildman–Crippen MR) is 73.2 cm³/mol. The van der Waals surface area contributed by atoms with E-state index in [9.17, 15) is 18.0 Å². The van der Waals surface area contributed by atoms with E-state index in [1.165, 1.54) is 10.5 Å². The van der Waals surface area contributed by atoms with E-state index in [0.29, 0.717) is 5.65 Å². The molecule has 0 aromatic carbocycles. The van der Waals surface area contributed by atoms with Crippen molar-refractivity contribution >= 4 is 23.2 Å². The summed E-state index contributed by atoms with van der Waals surface area (Å²) in [5.41, 5.74) is -0.961. The van der Waals surface area contributed by atoms with Crippen LogP contribution in [0.1, 0.15) is 26.3 Å². The van der Waals surface area contributed by atoms with Gasteiger partial charge in [0.05, 0.1) is 11.3 Å². The van der Waals surface area contributed by atoms with Crippen molar-refractivity contribution in [2.75, 3.05) is 5.75 Å². The van der Waals surface area contributed by atoms with Crippen LogP contribution in [0.2, 0.25) is 0 Å². The molecular weight excluding hydrogens is 303 g/mol. The zero-order valence-corrected chi connectivity index (χ0v) is 12.5. The Hall–Kier alpha value is -1.57. The number of carbonyl (C=O) groups excluding carboxylic acids is 1. The highest BCUT2D eigenvalue weighted by Crippen LogP contribution is 2.30. The third-order valence-electron chi connectivity index (χ3n) is 2.87. The van der Waals surface area contributed by atoms with Gasteiger partial charge in [0.15, 0.2) is 10.8 Å². The average Bonchev–Trinajstić information content (AvgIpc) is 2.76. The van der Waals surface area contributed by atoms with Gasteiger partial charge in [-0.15, -0.1) is 10.2 Å². The van der Waals surface area contributed by atoms with Crippen LogP contribution in [0.5, 0.6) is 0 Å². The monoisotopic (exact) mass is 317 g/mol. The summed E-state index contributed by atoms with van der Waals surface area (Å²) in [6, 6.07) is 2.21. The molecule has 0 aliphatic rings. The number of thioether (sulfide) groups is 1. The zero-order valence-electron chi connectivity index (χ0n) is 11.7. The molecule has 0 bridgehead atoms. The minimum atomic E-state index is -4.43. The molecule has 2 heterocycles. The number of hydrogen-bond donors (Lipinski definition) is 0. The fraction of sp³-hybridized carbons (Fsp3) is 0.462. The Morgan fingerprint density at radius 2 is 1.90 bits per heavy atom. The lowest BCUT2D eigenvalue weighted by Gasteiger charge is -2.15. The molecule has 21 heavy (non-hydrogen) atoms. The van der Waals surface area contributed by atoms with Crippen LogP contribution in [-0.4, -0.2) is 26.1 Å². The number of fused-ring (bicyclic) bond motifs is 1. The third-order valence-corrected chi connectivity index (χ3v) is 3.81. The lowest BCUT2D eigenvalue weighted by Crippen LogP contribution is -2.22. The van der Waals surface area contributed by atoms with Crippen molar-refractivity contribution < 1.29 is 18.0 Å². The van der Waals surface area contributed by atoms with Crippen LogP contribution >= 0.6 is 11.8 Å². The second kappa shape index (κ2) is 5.32. The van der Waals surface area contributed by atoms with Crippen LogP contribution in [0, 0.1) is 5.41 Å². The number of hydrogen-bond acceptors (Lipinski definition) is 4. The Morgan fingerprint density at radius 1 is 1.24 bits per heavy atom. The maximum Gasteiger partial charge on any atom is 0.417 e. The number of Topliss-reactive ketones (excluding diaryl/α,β-unsaturated/α-hetero) is 1. The number of nitrogens with zero attached hydrogens (tertiary/aromatic N) is 3. The van der Waals surface area contributed by atoms with E-state index in [1.54, 1.807) is 20.8 Å². The van der Waals surface area contributed by atoms with E-state index in [4.69, 9.17) is 0 Å². The third kappa shape index (κ3) is 3.55. The fourth-order valence-corrected chi connectivity index (χ4v) is 2.56. The van der Waals surface area contributed by atoms with Crippen molar-refractivity contribution in [1.29, 1.82) is 0 Å². The quantitative estimate of drug-likeness (QED) is 0.814. The van der Waals surface area contributed by atoms with E-state index in [-0.39, 0.29) is 16.7 Å². The second-order valence-electron chi connectivity index (χ2n) is 5.59. The first-order valence-corrected chi connectivity index (χ1v) is 7.16. The normalized spacial score (nSPS) is 12.9. The fourth-order valence-electron chi connectivity index (χ4n) is 1.48. The van der Waals surface area contributed by atoms with Crippen LogP contribution in [0.15, 0.2) is 23.5 Å². The van der Waals surface area contributed by atoms with Crippen molar-refractivity contribution in [3.05, 3.63) is 23.9 Å². The lowest BCUT2D eigenvalue weighted by atomic mass is 9.92. The lowest BCUT2D eigenvalue weighted by molar-refractivity contribution is -0.137. The van der Waals surface area contributed by atoms with Gasteiger partial charge in [-0.2, -0.15) is 13.2 Å². The first kappa shape index (κ1) is 15.8. The Kier molecular flexibility index (Phi) is 4.01. The summed E-state index contributed by atoms with van der Waals surface area (Å²) in [4.78, 5) is 11.9. The van der Waals surface area contributed by atoms with E-state index in [2.05, 4.69) is 10.2 Å². The van der Waals surface area contributed by atoms with E-state index in [1.807, 2.05) is 0 Å². The predicted octanol–water partition coefficient (Wildman–Crippen LogP) is 3.46. The SMILES string of the molecule is CC(C)(C)C(=O)CSc1nnc2ccc(C(F)(F)F)cn12. The minimum Gasteiger partial charge on any atom is -0.298 e. The van der Waals surface area contributed by atoms with Gasteiger partial charge in [-0.1, -0.05) is 32.5 Å². The van der Waals surface area contributed by atoms with E-state index >= 15 is 0 Å². The molecular formula is C13H14F3N3OS. The number of aromatic nitrogens is 3. The van der Waals surface area contributed by atoms with Crippen molar-refractivity contribution in [1.82, 2.24) is 14.6 Å². The minimum absolute atomic E-state index is 0.00349. The van der Waals surface area contributed by atoms with Gasteiger partial charge < -0.3 is 0 Å². The Balaban J connectivity index is 2.27. The highest BCUT2D eigenvalue weighted by atomic mass is 32.2. The smallest absolute Gasteiger partial charge is 0.298 e. The Morgan fingerprint density at radius 3 is 2.48 bits per heavy atom. The van der Waals surface area contributed by atoms with Crippen LogP contribution < -0.4 is 0 Å². The van der Waals surface area contributed by atoms with E-state index in [0.717, 1.165) is 24.0 Å². The number of alkyl halides is 3. The highest BCUT2D eigenvalue weighted by molar-refractivity contribution is 7.99. The average molecular weight is 317 g/mol. The summed E-state index contributed by atoms with van der Waals surface area (Å²) in [6.45, 7) is 5.37. The Bertz CT molecular complexity index is 673. The van der Waals surface area contributed by atoms with Gasteiger partial charge in [0, 0.05) is 11.6 Å². The first-order chi connectivity index (χ1) is 9.59. The summed E-state index contributed by atoms with van der Waals surface area (Å²) >= 11 is 1.08. The first-order valence-electron chi connectivity index (χ1n) is 6.17. The standard InChI is InChI=1S/C13H14F3N3OS/c1-12(2,3)9(20)7-21-11-18-17-10-5-4-8(6-19(10)11)13(14,15)16/h4-6H,7H2,1-3H3. The molecule has 0 radical (unpaired) electrons. The van der Waals surface area contributed by atoms with Crippen molar-refractivity contribution in [3.63, 3.8) is 0 Å². The molecule has 2 aromatic rings. The maximum absolute atomic E-state index is 12.7. The second-order valence-corrected chi connectivity index (χ2v) is 6.53. The van der Waals surface area contributed by atoms with Crippen LogP contribution in [0.25, 0.3) is 5.65 Å². The number of rotatable bonds is 3. The molecule has 0 unspecified atom stereocenters. The van der Waals surface area contributed by atoms with Gasteiger partial charge in [0.1, 0.15) is 5.78 Å². The van der Waals surface area contributed by atoms with Gasteiger partial charge >= 0.3 is 6.18 Å². The van der Waals surface area contributed by atoms with Crippen LogP contribution in [0.3, 0.4) is 0 Å². The Labute approximate surface area is 123 Å². The number of ketones is 1. The molecule has 2 aromatic heterocycles. The molecule has 0 amide bonds. The molecule has 0 aliphatic heterocycles. The van der Waals surface area contributed by atoms with Gasteiger partial charge in [-0.25, -0.2) is 0 Å². The molecule has 2 rings (SSSR count). The summed E-state index contributed by atoms with van der Waals surface area (Å²) in [5, 5.41) is 7.90. The molecule has 114 valence electrons. The molecule has 0 saturated heterocycles. The topological polar surface area (TPSA) is 47.3 Å². The molecule has 0 atom stereocenters. The summed E-state index contributed by atoms with van der Waals surface area (Å²) in [7, 11) is 0. The number of halogens is 3. The summed E-state index contributed by atoms with van der Waals surface area (Å²) in [6.07, 6.45) is -3.49. The molecule has 0 fully saturated rings. The van der Waals surface area contributed by atoms with E-state index < -0.39 is 17.2 Å². The number of carbonyl (C=O) groups is 1. The molecule has 0 aliphatic carbocycles. The van der Waals surface area contributed by atoms with Crippen LogP contribution in [-0.2, 0) is 11.0 Å². The van der Waals surface area contributed by atoms with Crippen molar-refractivity contribution in [2.24, 2.45) is 5.41 Å². The van der Waals surface area contributed by atoms with Gasteiger partial charge in [-0.3, -0.25) is 9.20 Å². The number of pyridine rings is 1. The zero-order chi connectivity index (χ0) is 15.8. The highest BCUT2D eigenvalue weighted by Gasteiger charge is 2.31. The van der Waals surface area contributed by atoms with Gasteiger partial charge in [0.2, 0.25) is 0 Å².